The standard InChI is InChI=1S/C16H19BrN4O3/c1-10-8-12(11(2)24-10)15(22)21-6-4-20(5-7-21)13-9-18-19(3)16(23)14(13)17/h8-9H,4-7H2,1-3H3. The number of aryl methyl sites for hydroxylation is 3. The Labute approximate surface area is 148 Å². The van der Waals surface area contributed by atoms with E-state index in [0.29, 0.717) is 42.0 Å². The van der Waals surface area contributed by atoms with Crippen LogP contribution in [0.4, 0.5) is 5.69 Å². The van der Waals surface area contributed by atoms with Gasteiger partial charge in [-0.15, -0.1) is 0 Å². The van der Waals surface area contributed by atoms with E-state index >= 15 is 0 Å². The van der Waals surface area contributed by atoms with Gasteiger partial charge in [0.2, 0.25) is 0 Å². The number of carbonyl (C=O) groups is 1. The predicted molar refractivity (Wildman–Crippen MR) is 93.5 cm³/mol. The van der Waals surface area contributed by atoms with Crippen molar-refractivity contribution in [1.29, 1.82) is 0 Å². The van der Waals surface area contributed by atoms with E-state index in [1.807, 2.05) is 11.8 Å². The first-order valence-corrected chi connectivity index (χ1v) is 8.51. The van der Waals surface area contributed by atoms with Gasteiger partial charge in [0, 0.05) is 33.2 Å². The second kappa shape index (κ2) is 6.43. The Balaban J connectivity index is 1.72. The van der Waals surface area contributed by atoms with Gasteiger partial charge in [-0.3, -0.25) is 9.59 Å². The van der Waals surface area contributed by atoms with Crippen LogP contribution >= 0.6 is 15.9 Å². The normalized spacial score (nSPS) is 15.0. The Kier molecular flexibility index (Phi) is 4.49. The van der Waals surface area contributed by atoms with Crippen molar-refractivity contribution in [3.8, 4) is 0 Å². The maximum atomic E-state index is 12.6. The second-order valence-corrected chi connectivity index (χ2v) is 6.67. The van der Waals surface area contributed by atoms with E-state index in [1.165, 1.54) is 4.68 Å². The van der Waals surface area contributed by atoms with Crippen LogP contribution in [0.2, 0.25) is 0 Å². The number of carbonyl (C=O) groups excluding carboxylic acids is 1. The number of nitrogens with zero attached hydrogens (tertiary/aromatic N) is 4. The summed E-state index contributed by atoms with van der Waals surface area (Å²) in [7, 11) is 1.61. The van der Waals surface area contributed by atoms with Crippen molar-refractivity contribution in [3.05, 3.63) is 44.2 Å². The maximum absolute atomic E-state index is 12.6. The molecular weight excluding hydrogens is 376 g/mol. The van der Waals surface area contributed by atoms with Crippen LogP contribution < -0.4 is 10.5 Å². The van der Waals surface area contributed by atoms with Gasteiger partial charge in [-0.1, -0.05) is 0 Å². The Hall–Kier alpha value is -2.09. The Bertz CT molecular complexity index is 834. The van der Waals surface area contributed by atoms with Crippen molar-refractivity contribution in [1.82, 2.24) is 14.7 Å². The fraction of sp³-hybridized carbons (Fsp3) is 0.438. The number of aromatic nitrogens is 2. The summed E-state index contributed by atoms with van der Waals surface area (Å²) in [4.78, 5) is 28.5. The number of rotatable bonds is 2. The molecule has 0 spiro atoms. The molecule has 0 atom stereocenters. The number of hydrogen-bond donors (Lipinski definition) is 0. The monoisotopic (exact) mass is 394 g/mol. The Morgan fingerprint density at radius 2 is 1.92 bits per heavy atom. The third-order valence-corrected chi connectivity index (χ3v) is 4.98. The highest BCUT2D eigenvalue weighted by atomic mass is 79.9. The van der Waals surface area contributed by atoms with Gasteiger partial charge in [-0.2, -0.15) is 5.10 Å². The molecule has 0 bridgehead atoms. The zero-order chi connectivity index (χ0) is 17.4. The van der Waals surface area contributed by atoms with Gasteiger partial charge in [-0.25, -0.2) is 4.68 Å². The summed E-state index contributed by atoms with van der Waals surface area (Å²) in [6.45, 7) is 6.11. The Morgan fingerprint density at radius 1 is 1.25 bits per heavy atom. The summed E-state index contributed by atoms with van der Waals surface area (Å²) in [6.07, 6.45) is 1.67. The molecule has 7 nitrogen and oxygen atoms in total. The summed E-state index contributed by atoms with van der Waals surface area (Å²) in [5.74, 6) is 1.38. The fourth-order valence-corrected chi connectivity index (χ4v) is 3.50. The molecule has 0 radical (unpaired) electrons. The molecule has 1 aliphatic rings. The number of halogens is 1. The van der Waals surface area contributed by atoms with Gasteiger partial charge in [0.15, 0.2) is 0 Å². The molecule has 0 unspecified atom stereocenters. The van der Waals surface area contributed by atoms with Crippen molar-refractivity contribution in [2.24, 2.45) is 7.05 Å². The van der Waals surface area contributed by atoms with Crippen LogP contribution in [0.3, 0.4) is 0 Å². The molecule has 3 heterocycles. The molecule has 3 rings (SSSR count). The van der Waals surface area contributed by atoms with Crippen LogP contribution in [0, 0.1) is 13.8 Å². The van der Waals surface area contributed by atoms with Gasteiger partial charge in [0.25, 0.3) is 11.5 Å². The first-order chi connectivity index (χ1) is 11.4. The van der Waals surface area contributed by atoms with Crippen molar-refractivity contribution >= 4 is 27.5 Å². The molecule has 24 heavy (non-hydrogen) atoms. The number of piperazine rings is 1. The van der Waals surface area contributed by atoms with Crippen LogP contribution in [0.1, 0.15) is 21.9 Å². The van der Waals surface area contributed by atoms with Gasteiger partial charge in [0.05, 0.1) is 17.4 Å². The molecule has 128 valence electrons. The van der Waals surface area contributed by atoms with E-state index in [-0.39, 0.29) is 11.5 Å². The number of anilines is 1. The third kappa shape index (κ3) is 2.98. The lowest BCUT2D eigenvalue weighted by Crippen LogP contribution is -2.49. The topological polar surface area (TPSA) is 71.6 Å². The highest BCUT2D eigenvalue weighted by Gasteiger charge is 2.26. The minimum absolute atomic E-state index is 0.00911. The molecule has 8 heteroatoms. The number of furan rings is 1. The average molecular weight is 395 g/mol. The first kappa shape index (κ1) is 16.8. The summed E-state index contributed by atoms with van der Waals surface area (Å²) in [6, 6.07) is 1.78. The molecule has 1 amide bonds. The van der Waals surface area contributed by atoms with Crippen molar-refractivity contribution in [3.63, 3.8) is 0 Å². The molecule has 0 N–H and O–H groups in total. The van der Waals surface area contributed by atoms with Crippen LogP contribution in [-0.2, 0) is 7.05 Å². The van der Waals surface area contributed by atoms with Crippen molar-refractivity contribution in [2.75, 3.05) is 31.1 Å². The van der Waals surface area contributed by atoms with E-state index in [2.05, 4.69) is 25.9 Å². The van der Waals surface area contributed by atoms with Crippen LogP contribution in [0.25, 0.3) is 0 Å². The van der Waals surface area contributed by atoms with Crippen LogP contribution in [-0.4, -0.2) is 46.8 Å². The quantitative estimate of drug-likeness (QED) is 0.775. The minimum Gasteiger partial charge on any atom is -0.466 e. The van der Waals surface area contributed by atoms with E-state index in [1.54, 1.807) is 26.2 Å². The summed E-state index contributed by atoms with van der Waals surface area (Å²) in [5, 5.41) is 4.07. The smallest absolute Gasteiger partial charge is 0.282 e. The van der Waals surface area contributed by atoms with Crippen molar-refractivity contribution < 1.29 is 9.21 Å². The summed E-state index contributed by atoms with van der Waals surface area (Å²) in [5.41, 5.74) is 1.22. The second-order valence-electron chi connectivity index (χ2n) is 5.88. The first-order valence-electron chi connectivity index (χ1n) is 7.71. The third-order valence-electron chi connectivity index (χ3n) is 4.24. The molecule has 2 aromatic rings. The summed E-state index contributed by atoms with van der Waals surface area (Å²) >= 11 is 3.35. The van der Waals surface area contributed by atoms with E-state index in [4.69, 9.17) is 4.42 Å². The van der Waals surface area contributed by atoms with Gasteiger partial charge in [-0.05, 0) is 35.8 Å². The lowest BCUT2D eigenvalue weighted by Gasteiger charge is -2.36. The largest absolute Gasteiger partial charge is 0.466 e. The minimum atomic E-state index is -0.171. The Morgan fingerprint density at radius 3 is 2.50 bits per heavy atom. The lowest BCUT2D eigenvalue weighted by atomic mass is 10.2. The molecule has 1 saturated heterocycles. The van der Waals surface area contributed by atoms with Crippen LogP contribution in [0.15, 0.2) is 25.9 Å². The molecule has 0 aliphatic carbocycles. The molecular formula is C16H19BrN4O3. The molecule has 1 fully saturated rings. The molecule has 0 saturated carbocycles. The van der Waals surface area contributed by atoms with E-state index in [0.717, 1.165) is 11.4 Å². The van der Waals surface area contributed by atoms with Crippen LogP contribution in [0.5, 0.6) is 0 Å². The zero-order valence-electron chi connectivity index (χ0n) is 13.9. The molecule has 0 aromatic carbocycles. The van der Waals surface area contributed by atoms with E-state index in [9.17, 15) is 9.59 Å². The zero-order valence-corrected chi connectivity index (χ0v) is 15.5. The SMILES string of the molecule is Cc1cc(C(=O)N2CCN(c3cnn(C)c(=O)c3Br)CC2)c(C)o1. The highest BCUT2D eigenvalue weighted by molar-refractivity contribution is 9.10. The highest BCUT2D eigenvalue weighted by Crippen LogP contribution is 2.23. The fourth-order valence-electron chi connectivity index (χ4n) is 2.89. The van der Waals surface area contributed by atoms with Gasteiger partial charge >= 0.3 is 0 Å². The maximum Gasteiger partial charge on any atom is 0.282 e. The van der Waals surface area contributed by atoms with Gasteiger partial charge < -0.3 is 14.2 Å². The average Bonchev–Trinajstić information content (AvgIpc) is 2.91. The van der Waals surface area contributed by atoms with Gasteiger partial charge in [0.1, 0.15) is 16.0 Å². The number of hydrogen-bond acceptors (Lipinski definition) is 5. The summed E-state index contributed by atoms with van der Waals surface area (Å²) < 4.78 is 7.24. The number of amides is 1. The van der Waals surface area contributed by atoms with E-state index < -0.39 is 0 Å². The van der Waals surface area contributed by atoms with Crippen molar-refractivity contribution in [2.45, 2.75) is 13.8 Å². The lowest BCUT2D eigenvalue weighted by molar-refractivity contribution is 0.0745. The molecule has 2 aromatic heterocycles. The predicted octanol–water partition coefficient (Wildman–Crippen LogP) is 1.72. The molecule has 1 aliphatic heterocycles.